The molecule has 12 heteroatoms. The Morgan fingerprint density at radius 1 is 1.09 bits per heavy atom. The average Bonchev–Trinajstić information content (AvgIpc) is 3.39. The lowest BCUT2D eigenvalue weighted by Crippen LogP contribution is -2.30. The molecule has 0 radical (unpaired) electrons. The smallest absolute Gasteiger partial charge is 0.320 e. The van der Waals surface area contributed by atoms with E-state index in [2.05, 4.69) is 31.0 Å². The van der Waals surface area contributed by atoms with Crippen LogP contribution in [0, 0.1) is 0 Å². The van der Waals surface area contributed by atoms with Crippen molar-refractivity contribution in [2.45, 2.75) is 6.92 Å². The van der Waals surface area contributed by atoms with E-state index in [1.165, 1.54) is 17.5 Å². The molecule has 4 aromatic rings. The molecule has 0 saturated heterocycles. The summed E-state index contributed by atoms with van der Waals surface area (Å²) in [4.78, 5) is 41.7. The van der Waals surface area contributed by atoms with Gasteiger partial charge in [-0.3, -0.25) is 20.5 Å². The van der Waals surface area contributed by atoms with Gasteiger partial charge in [-0.25, -0.2) is 25.6 Å². The van der Waals surface area contributed by atoms with Crippen LogP contribution in [0.25, 0.3) is 33.1 Å². The monoisotopic (exact) mass is 490 g/mol. The molecule has 4 aromatic heterocycles. The fraction of sp³-hybridized carbons (Fsp3) is 0.130. The van der Waals surface area contributed by atoms with Crippen molar-refractivity contribution in [2.24, 2.45) is 5.84 Å². The SMILES string of the molecule is CCNC(=O)Nc1cc(-c2nc(-c3cccc(OC)n3)cs2)c(-c2ccnc(C(=O)NN)c2)cn1. The van der Waals surface area contributed by atoms with Crippen LogP contribution in [-0.2, 0) is 0 Å². The number of pyridine rings is 3. The molecule has 0 aliphatic carbocycles. The van der Waals surface area contributed by atoms with Gasteiger partial charge in [-0.1, -0.05) is 6.07 Å². The minimum Gasteiger partial charge on any atom is -0.481 e. The number of thiazole rings is 1. The van der Waals surface area contributed by atoms with Gasteiger partial charge in [0.1, 0.15) is 22.2 Å². The second-order valence-corrected chi connectivity index (χ2v) is 7.96. The third-order valence-corrected chi connectivity index (χ3v) is 5.72. The molecule has 0 spiro atoms. The van der Waals surface area contributed by atoms with Gasteiger partial charge in [-0.15, -0.1) is 11.3 Å². The summed E-state index contributed by atoms with van der Waals surface area (Å²) in [5, 5.41) is 7.95. The van der Waals surface area contributed by atoms with Crippen molar-refractivity contribution in [3.63, 3.8) is 0 Å². The lowest BCUT2D eigenvalue weighted by atomic mass is 10.0. The number of carbonyl (C=O) groups excluding carboxylic acids is 2. The van der Waals surface area contributed by atoms with E-state index in [0.717, 1.165) is 0 Å². The fourth-order valence-corrected chi connectivity index (χ4v) is 4.08. The number of methoxy groups -OCH3 is 1. The lowest BCUT2D eigenvalue weighted by Gasteiger charge is -2.11. The summed E-state index contributed by atoms with van der Waals surface area (Å²) >= 11 is 1.41. The van der Waals surface area contributed by atoms with E-state index in [1.54, 1.807) is 37.6 Å². The van der Waals surface area contributed by atoms with E-state index in [9.17, 15) is 9.59 Å². The average molecular weight is 491 g/mol. The third kappa shape index (κ3) is 5.39. The molecule has 0 bridgehead atoms. The van der Waals surface area contributed by atoms with Crippen molar-refractivity contribution >= 4 is 29.1 Å². The first kappa shape index (κ1) is 23.7. The summed E-state index contributed by atoms with van der Waals surface area (Å²) in [5.74, 6) is 5.58. The number of nitrogens with zero attached hydrogens (tertiary/aromatic N) is 4. The zero-order chi connectivity index (χ0) is 24.8. The number of anilines is 1. The maximum Gasteiger partial charge on any atom is 0.320 e. The minimum atomic E-state index is -0.517. The molecule has 4 heterocycles. The number of urea groups is 1. The van der Waals surface area contributed by atoms with Gasteiger partial charge in [0.25, 0.3) is 5.91 Å². The van der Waals surface area contributed by atoms with Gasteiger partial charge < -0.3 is 10.1 Å². The standard InChI is InChI=1S/C23H22N8O3S/c1-3-25-23(33)30-19-10-14(15(11-27-19)13-7-8-26-17(9-13)21(32)31-24)22-29-18(12-35-22)16-5-4-6-20(28-16)34-2/h4-12H,3,24H2,1-2H3,(H,31,32)(H2,25,27,30,33). The van der Waals surface area contributed by atoms with E-state index in [1.807, 2.05) is 24.4 Å². The maximum absolute atomic E-state index is 12.1. The number of ether oxygens (including phenoxy) is 1. The van der Waals surface area contributed by atoms with Crippen molar-refractivity contribution in [1.82, 2.24) is 30.7 Å². The first-order valence-electron chi connectivity index (χ1n) is 10.5. The molecular weight excluding hydrogens is 468 g/mol. The van der Waals surface area contributed by atoms with E-state index in [4.69, 9.17) is 15.6 Å². The zero-order valence-electron chi connectivity index (χ0n) is 18.9. The highest BCUT2D eigenvalue weighted by Crippen LogP contribution is 2.36. The van der Waals surface area contributed by atoms with Gasteiger partial charge in [-0.2, -0.15) is 0 Å². The second kappa shape index (κ2) is 10.7. The minimum absolute atomic E-state index is 0.154. The molecule has 178 valence electrons. The van der Waals surface area contributed by atoms with Crippen molar-refractivity contribution in [1.29, 1.82) is 0 Å². The number of aromatic nitrogens is 4. The van der Waals surface area contributed by atoms with Gasteiger partial charge in [0.15, 0.2) is 0 Å². The molecular formula is C23H22N8O3S. The molecule has 4 rings (SSSR count). The second-order valence-electron chi connectivity index (χ2n) is 7.11. The molecule has 0 aliphatic rings. The highest BCUT2D eigenvalue weighted by atomic mass is 32.1. The highest BCUT2D eigenvalue weighted by Gasteiger charge is 2.17. The molecule has 0 atom stereocenters. The Hall–Kier alpha value is -4.42. The van der Waals surface area contributed by atoms with Crippen LogP contribution in [-0.4, -0.2) is 45.5 Å². The first-order chi connectivity index (χ1) is 17.0. The zero-order valence-corrected chi connectivity index (χ0v) is 19.7. The Labute approximate surface area is 204 Å². The van der Waals surface area contributed by atoms with Crippen LogP contribution >= 0.6 is 11.3 Å². The largest absolute Gasteiger partial charge is 0.481 e. The molecule has 11 nitrogen and oxygen atoms in total. The normalized spacial score (nSPS) is 10.5. The Morgan fingerprint density at radius 2 is 1.94 bits per heavy atom. The lowest BCUT2D eigenvalue weighted by molar-refractivity contribution is 0.0948. The quantitative estimate of drug-likeness (QED) is 0.175. The van der Waals surface area contributed by atoms with Crippen LogP contribution in [0.15, 0.2) is 54.2 Å². The Balaban J connectivity index is 1.80. The van der Waals surface area contributed by atoms with Gasteiger partial charge in [-0.05, 0) is 36.8 Å². The van der Waals surface area contributed by atoms with E-state index >= 15 is 0 Å². The third-order valence-electron chi connectivity index (χ3n) is 4.85. The van der Waals surface area contributed by atoms with Crippen LogP contribution in [0.2, 0.25) is 0 Å². The van der Waals surface area contributed by atoms with Crippen LogP contribution in [0.5, 0.6) is 5.88 Å². The Bertz CT molecular complexity index is 1370. The number of nitrogens with two attached hydrogens (primary N) is 1. The topological polar surface area (TPSA) is 157 Å². The molecule has 35 heavy (non-hydrogen) atoms. The number of hydrazine groups is 1. The van der Waals surface area contributed by atoms with E-state index < -0.39 is 5.91 Å². The van der Waals surface area contributed by atoms with Crippen molar-refractivity contribution in [3.05, 3.63) is 59.9 Å². The number of hydrogen-bond acceptors (Lipinski definition) is 9. The number of nitrogen functional groups attached to an aromatic ring is 1. The van der Waals surface area contributed by atoms with E-state index in [-0.39, 0.29) is 11.7 Å². The molecule has 0 fully saturated rings. The number of hydrogen-bond donors (Lipinski definition) is 4. The molecule has 0 saturated carbocycles. The summed E-state index contributed by atoms with van der Waals surface area (Å²) in [5.41, 5.74) is 5.65. The number of amides is 3. The van der Waals surface area contributed by atoms with Crippen molar-refractivity contribution in [2.75, 3.05) is 19.0 Å². The highest BCUT2D eigenvalue weighted by molar-refractivity contribution is 7.13. The predicted molar refractivity (Wildman–Crippen MR) is 133 cm³/mol. The Kier molecular flexibility index (Phi) is 7.24. The van der Waals surface area contributed by atoms with Gasteiger partial charge in [0.05, 0.1) is 12.8 Å². The molecule has 0 aromatic carbocycles. The van der Waals surface area contributed by atoms with Crippen LogP contribution in [0.4, 0.5) is 10.6 Å². The fourth-order valence-electron chi connectivity index (χ4n) is 3.23. The summed E-state index contributed by atoms with van der Waals surface area (Å²) in [6.45, 7) is 2.30. The summed E-state index contributed by atoms with van der Waals surface area (Å²) < 4.78 is 5.22. The van der Waals surface area contributed by atoms with Crippen LogP contribution < -0.4 is 26.6 Å². The van der Waals surface area contributed by atoms with Crippen molar-refractivity contribution < 1.29 is 14.3 Å². The van der Waals surface area contributed by atoms with Crippen LogP contribution in [0.1, 0.15) is 17.4 Å². The number of rotatable bonds is 7. The first-order valence-corrected chi connectivity index (χ1v) is 11.4. The summed E-state index contributed by atoms with van der Waals surface area (Å²) in [7, 11) is 1.55. The van der Waals surface area contributed by atoms with E-state index in [0.29, 0.717) is 51.3 Å². The van der Waals surface area contributed by atoms with Crippen LogP contribution in [0.3, 0.4) is 0 Å². The molecule has 5 N–H and O–H groups in total. The van der Waals surface area contributed by atoms with Crippen molar-refractivity contribution in [3.8, 4) is 39.0 Å². The predicted octanol–water partition coefficient (Wildman–Crippen LogP) is 3.08. The van der Waals surface area contributed by atoms with Gasteiger partial charge in [0.2, 0.25) is 5.88 Å². The van der Waals surface area contributed by atoms with Gasteiger partial charge >= 0.3 is 6.03 Å². The molecule has 3 amide bonds. The molecule has 0 aliphatic heterocycles. The summed E-state index contributed by atoms with van der Waals surface area (Å²) in [6, 6.07) is 10.2. The Morgan fingerprint density at radius 3 is 2.71 bits per heavy atom. The van der Waals surface area contributed by atoms with Gasteiger partial charge in [0, 0.05) is 41.5 Å². The maximum atomic E-state index is 12.1. The number of carbonyl (C=O) groups is 2. The summed E-state index contributed by atoms with van der Waals surface area (Å²) in [6.07, 6.45) is 3.12. The number of nitrogens with one attached hydrogen (secondary N) is 3. The molecule has 0 unspecified atom stereocenters.